The van der Waals surface area contributed by atoms with Crippen LogP contribution in [0.5, 0.6) is 5.75 Å². The first kappa shape index (κ1) is 21.0. The third-order valence-electron chi connectivity index (χ3n) is 5.83. The first-order chi connectivity index (χ1) is 15.3. The van der Waals surface area contributed by atoms with Crippen molar-refractivity contribution in [3.05, 3.63) is 87.9 Å². The Morgan fingerprint density at radius 2 is 1.66 bits per heavy atom. The molecule has 3 aromatic rings. The van der Waals surface area contributed by atoms with Gasteiger partial charge < -0.3 is 15.2 Å². The van der Waals surface area contributed by atoms with Gasteiger partial charge in [-0.15, -0.1) is 0 Å². The van der Waals surface area contributed by atoms with Crippen molar-refractivity contribution >= 4 is 29.2 Å². The highest BCUT2D eigenvalue weighted by Crippen LogP contribution is 2.55. The van der Waals surface area contributed by atoms with Crippen LogP contribution in [0.3, 0.4) is 0 Å². The average Bonchev–Trinajstić information content (AvgIpc) is 2.76. The van der Waals surface area contributed by atoms with Crippen LogP contribution >= 0.6 is 23.2 Å². The lowest BCUT2D eigenvalue weighted by molar-refractivity contribution is -0.202. The third-order valence-corrected chi connectivity index (χ3v) is 6.26. The highest BCUT2D eigenvalue weighted by Gasteiger charge is 2.63. The van der Waals surface area contributed by atoms with Crippen LogP contribution in [0.4, 0.5) is 8.78 Å². The number of hydrogen-bond acceptors (Lipinski definition) is 4. The third kappa shape index (κ3) is 3.48. The lowest BCUT2D eigenvalue weighted by Crippen LogP contribution is -2.57. The topological polar surface area (TPSA) is 56.8 Å². The number of amidine groups is 1. The van der Waals surface area contributed by atoms with E-state index in [4.69, 9.17) is 38.4 Å². The van der Waals surface area contributed by atoms with Gasteiger partial charge >= 0.3 is 5.92 Å². The van der Waals surface area contributed by atoms with Gasteiger partial charge in [-0.2, -0.15) is 8.78 Å². The Balaban J connectivity index is 1.69. The molecule has 2 aliphatic rings. The van der Waals surface area contributed by atoms with E-state index in [-0.39, 0.29) is 18.0 Å². The van der Waals surface area contributed by atoms with E-state index in [0.29, 0.717) is 26.9 Å². The zero-order valence-electron chi connectivity index (χ0n) is 16.7. The van der Waals surface area contributed by atoms with Crippen molar-refractivity contribution in [1.82, 2.24) is 0 Å². The molecule has 0 saturated carbocycles. The Bertz CT molecular complexity index is 1200. The molecule has 32 heavy (non-hydrogen) atoms. The van der Waals surface area contributed by atoms with Crippen LogP contribution < -0.4 is 10.5 Å². The van der Waals surface area contributed by atoms with Gasteiger partial charge in [0.05, 0.1) is 0 Å². The minimum absolute atomic E-state index is 0.132. The molecule has 5 rings (SSSR count). The fourth-order valence-corrected chi connectivity index (χ4v) is 4.83. The second kappa shape index (κ2) is 7.64. The Hall–Kier alpha value is -2.83. The Morgan fingerprint density at radius 1 is 0.938 bits per heavy atom. The summed E-state index contributed by atoms with van der Waals surface area (Å²) in [6.45, 7) is -0.771. The molecule has 0 aromatic heterocycles. The number of fused-ring (bicyclic) bond motifs is 2. The van der Waals surface area contributed by atoms with Gasteiger partial charge in [0.25, 0.3) is 6.02 Å². The van der Waals surface area contributed by atoms with Gasteiger partial charge in [-0.25, -0.2) is 4.99 Å². The van der Waals surface area contributed by atoms with Gasteiger partial charge in [0, 0.05) is 22.0 Å². The molecule has 4 nitrogen and oxygen atoms in total. The second-order valence-corrected chi connectivity index (χ2v) is 8.75. The number of benzene rings is 3. The maximum atomic E-state index is 15.6. The molecule has 1 spiro atoms. The highest BCUT2D eigenvalue weighted by atomic mass is 35.5. The summed E-state index contributed by atoms with van der Waals surface area (Å²) in [5, 5.41) is 0.881. The Labute approximate surface area is 193 Å². The van der Waals surface area contributed by atoms with Crippen molar-refractivity contribution < 1.29 is 18.3 Å². The van der Waals surface area contributed by atoms with Gasteiger partial charge in [0.2, 0.25) is 5.60 Å². The predicted molar refractivity (Wildman–Crippen MR) is 121 cm³/mol. The normalized spacial score (nSPS) is 23.6. The van der Waals surface area contributed by atoms with E-state index in [1.807, 2.05) is 30.3 Å². The summed E-state index contributed by atoms with van der Waals surface area (Å²) in [6, 6.07) is 19.0. The Morgan fingerprint density at radius 3 is 2.38 bits per heavy atom. The number of hydrogen-bond donors (Lipinski definition) is 1. The minimum Gasteiger partial charge on any atom is -0.485 e. The van der Waals surface area contributed by atoms with E-state index in [0.717, 1.165) is 5.56 Å². The molecule has 2 N–H and O–H groups in total. The minimum atomic E-state index is -3.31. The largest absolute Gasteiger partial charge is 0.485 e. The molecule has 0 amide bonds. The van der Waals surface area contributed by atoms with E-state index in [2.05, 4.69) is 4.99 Å². The van der Waals surface area contributed by atoms with Crippen LogP contribution in [0.25, 0.3) is 11.1 Å². The number of nitrogens with zero attached hydrogens (tertiary/aromatic N) is 1. The molecule has 2 aliphatic heterocycles. The van der Waals surface area contributed by atoms with E-state index in [9.17, 15) is 0 Å². The van der Waals surface area contributed by atoms with Crippen LogP contribution in [-0.4, -0.2) is 18.5 Å². The number of nitrogens with two attached hydrogens (primary N) is 1. The average molecular weight is 475 g/mol. The summed E-state index contributed by atoms with van der Waals surface area (Å²) < 4.78 is 43.0. The summed E-state index contributed by atoms with van der Waals surface area (Å²) in [6.07, 6.45) is -0.778. The van der Waals surface area contributed by atoms with E-state index in [1.54, 1.807) is 36.4 Å². The van der Waals surface area contributed by atoms with E-state index < -0.39 is 24.2 Å². The summed E-state index contributed by atoms with van der Waals surface area (Å²) in [5.74, 6) is -3.01. The second-order valence-electron chi connectivity index (χ2n) is 7.88. The molecule has 0 fully saturated rings. The van der Waals surface area contributed by atoms with Crippen LogP contribution in [0.2, 0.25) is 10.0 Å². The van der Waals surface area contributed by atoms with Gasteiger partial charge in [-0.05, 0) is 47.0 Å². The molecule has 3 aromatic carbocycles. The van der Waals surface area contributed by atoms with Crippen molar-refractivity contribution in [3.63, 3.8) is 0 Å². The SMILES string of the molecule is NC1=NCC(F)(F)[C@]2(CC(c3ccccc3)Oc3ccc(-c4cc(Cl)cc(Cl)c4)cc32)O1. The number of rotatable bonds is 2. The quantitative estimate of drug-likeness (QED) is 0.469. The number of alkyl halides is 2. The van der Waals surface area contributed by atoms with Crippen molar-refractivity contribution in [2.75, 3.05) is 6.54 Å². The van der Waals surface area contributed by atoms with Crippen LogP contribution in [0.1, 0.15) is 23.7 Å². The molecular weight excluding hydrogens is 457 g/mol. The molecule has 164 valence electrons. The molecule has 0 bridgehead atoms. The molecule has 1 unspecified atom stereocenters. The number of ether oxygens (including phenoxy) is 2. The van der Waals surface area contributed by atoms with Crippen molar-refractivity contribution in [1.29, 1.82) is 0 Å². The zero-order chi connectivity index (χ0) is 22.5. The lowest BCUT2D eigenvalue weighted by atomic mass is 9.77. The maximum Gasteiger partial charge on any atom is 0.310 e. The van der Waals surface area contributed by atoms with E-state index >= 15 is 8.78 Å². The molecule has 0 radical (unpaired) electrons. The zero-order valence-corrected chi connectivity index (χ0v) is 18.2. The smallest absolute Gasteiger partial charge is 0.310 e. The van der Waals surface area contributed by atoms with Crippen LogP contribution in [0.15, 0.2) is 71.7 Å². The molecule has 2 atom stereocenters. The summed E-state index contributed by atoms with van der Waals surface area (Å²) in [5.41, 5.74) is 6.08. The number of aliphatic imine (C=N–C) groups is 1. The fourth-order valence-electron chi connectivity index (χ4n) is 4.30. The summed E-state index contributed by atoms with van der Waals surface area (Å²) in [7, 11) is 0. The van der Waals surface area contributed by atoms with Crippen molar-refractivity contribution in [3.8, 4) is 16.9 Å². The highest BCUT2D eigenvalue weighted by molar-refractivity contribution is 6.35. The van der Waals surface area contributed by atoms with Gasteiger partial charge in [0.1, 0.15) is 18.4 Å². The first-order valence-electron chi connectivity index (χ1n) is 9.97. The van der Waals surface area contributed by atoms with Crippen molar-refractivity contribution in [2.45, 2.75) is 24.0 Å². The molecule has 2 heterocycles. The fraction of sp³-hybridized carbons (Fsp3) is 0.208. The lowest BCUT2D eigenvalue weighted by Gasteiger charge is -2.47. The maximum absolute atomic E-state index is 15.6. The molecule has 0 saturated heterocycles. The van der Waals surface area contributed by atoms with Gasteiger partial charge in [-0.1, -0.05) is 59.6 Å². The first-order valence-corrected chi connectivity index (χ1v) is 10.7. The van der Waals surface area contributed by atoms with E-state index in [1.165, 1.54) is 0 Å². The summed E-state index contributed by atoms with van der Waals surface area (Å²) >= 11 is 12.3. The van der Waals surface area contributed by atoms with Crippen molar-refractivity contribution in [2.24, 2.45) is 10.7 Å². The summed E-state index contributed by atoms with van der Waals surface area (Å²) in [4.78, 5) is 3.65. The van der Waals surface area contributed by atoms with Crippen LogP contribution in [0, 0.1) is 0 Å². The Kier molecular flexibility index (Phi) is 5.02. The number of halogens is 4. The van der Waals surface area contributed by atoms with Gasteiger partial charge in [-0.3, -0.25) is 0 Å². The molecule has 8 heteroatoms. The molecule has 0 aliphatic carbocycles. The molecular formula is C24H18Cl2F2N2O2. The monoisotopic (exact) mass is 474 g/mol. The van der Waals surface area contributed by atoms with Crippen LogP contribution in [-0.2, 0) is 10.3 Å². The standard InChI is InChI=1S/C24H18Cl2F2N2O2/c25-17-8-16(9-18(26)11-17)15-6-7-20-19(10-15)23(24(27,28)13-30-22(29)32-23)12-21(31-20)14-4-2-1-3-5-14/h1-11,21H,12-13H2,(H2,29,30)/t21?,23-/m1/s1. The predicted octanol–water partition coefficient (Wildman–Crippen LogP) is 6.36. The van der Waals surface area contributed by atoms with Gasteiger partial charge in [0.15, 0.2) is 0 Å².